The molecule has 1 N–H and O–H groups in total. The summed E-state index contributed by atoms with van der Waals surface area (Å²) in [4.78, 5) is 12.4. The Labute approximate surface area is 223 Å². The van der Waals surface area contributed by atoms with Gasteiger partial charge < -0.3 is 19.0 Å². The highest BCUT2D eigenvalue weighted by atomic mass is 28.4. The molecule has 0 spiro atoms. The summed E-state index contributed by atoms with van der Waals surface area (Å²) in [6.07, 6.45) is 6.87. The Balaban J connectivity index is 3.32. The van der Waals surface area contributed by atoms with Crippen LogP contribution in [0.15, 0.2) is 23.8 Å². The van der Waals surface area contributed by atoms with Crippen molar-refractivity contribution < 1.29 is 23.8 Å². The first-order chi connectivity index (χ1) is 16.7. The molecular weight excluding hydrogens is 484 g/mol. The average Bonchev–Trinajstić information content (AvgIpc) is 2.76. The highest BCUT2D eigenvalue weighted by Gasteiger charge is 2.48. The lowest BCUT2D eigenvalue weighted by Crippen LogP contribution is -2.53. The predicted molar refractivity (Wildman–Crippen MR) is 155 cm³/mol. The Bertz CT molecular complexity index is 792. The molecule has 0 aromatic carbocycles. The molecule has 36 heavy (non-hydrogen) atoms. The number of rotatable bonds is 12. The van der Waals surface area contributed by atoms with Crippen molar-refractivity contribution in [1.29, 1.82) is 0 Å². The number of cyclic esters (lactones) is 1. The molecule has 1 fully saturated rings. The zero-order valence-electron chi connectivity index (χ0n) is 24.7. The number of methoxy groups -OCH3 is 1. The van der Waals surface area contributed by atoms with Crippen molar-refractivity contribution >= 4 is 22.4 Å². The molecule has 0 unspecified atom stereocenters. The molecule has 1 aliphatic heterocycles. The van der Waals surface area contributed by atoms with Crippen LogP contribution in [0.5, 0.6) is 0 Å². The lowest BCUT2D eigenvalue weighted by atomic mass is 9.92. The number of aliphatic hydroxyl groups excluding tert-OH is 1. The molecule has 1 aliphatic rings. The lowest BCUT2D eigenvalue weighted by Gasteiger charge is -2.46. The minimum atomic E-state index is -2.24. The molecule has 0 saturated carbocycles. The molecule has 0 bridgehead atoms. The van der Waals surface area contributed by atoms with Gasteiger partial charge in [-0.1, -0.05) is 85.0 Å². The van der Waals surface area contributed by atoms with E-state index in [-0.39, 0.29) is 37.1 Å². The molecule has 0 aromatic heterocycles. The van der Waals surface area contributed by atoms with Crippen molar-refractivity contribution in [3.63, 3.8) is 0 Å². The topological polar surface area (TPSA) is 65.0 Å². The van der Waals surface area contributed by atoms with Gasteiger partial charge in [0.05, 0.1) is 12.5 Å². The maximum absolute atomic E-state index is 12.4. The minimum absolute atomic E-state index is 0.0178. The Morgan fingerprint density at radius 1 is 1.14 bits per heavy atom. The van der Waals surface area contributed by atoms with Crippen molar-refractivity contribution in [2.75, 3.05) is 13.7 Å². The first-order valence-electron chi connectivity index (χ1n) is 13.5. The summed E-state index contributed by atoms with van der Waals surface area (Å²) in [7, 11) is -1.95. The summed E-state index contributed by atoms with van der Waals surface area (Å²) in [6, 6.07) is 0. The van der Waals surface area contributed by atoms with Crippen LogP contribution in [0.1, 0.15) is 67.7 Å². The van der Waals surface area contributed by atoms with Crippen LogP contribution in [-0.4, -0.2) is 59.5 Å². The molecule has 1 rings (SSSR count). The molecule has 1 heterocycles. The Kier molecular flexibility index (Phi) is 13.4. The number of aliphatic hydroxyl groups is 1. The molecule has 5 nitrogen and oxygen atoms in total. The first-order valence-corrected chi connectivity index (χ1v) is 19.2. The third kappa shape index (κ3) is 9.94. The van der Waals surface area contributed by atoms with Crippen molar-refractivity contribution in [2.45, 2.75) is 122 Å². The number of ether oxygens (including phenoxy) is 2. The fraction of sp³-hybridized carbons (Fsp3) is 0.759. The van der Waals surface area contributed by atoms with Crippen molar-refractivity contribution in [3.05, 3.63) is 23.8 Å². The van der Waals surface area contributed by atoms with E-state index >= 15 is 0 Å². The summed E-state index contributed by atoms with van der Waals surface area (Å²) in [5.74, 6) is 2.94. The molecule has 0 amide bonds. The van der Waals surface area contributed by atoms with Crippen LogP contribution in [0.3, 0.4) is 0 Å². The average molecular weight is 537 g/mol. The molecule has 0 radical (unpaired) electrons. The molecule has 206 valence electrons. The number of esters is 1. The number of carbonyl (C=O) groups is 1. The van der Waals surface area contributed by atoms with Gasteiger partial charge in [0.2, 0.25) is 8.32 Å². The molecule has 4 atom stereocenters. The van der Waals surface area contributed by atoms with Crippen molar-refractivity contribution in [1.82, 2.24) is 0 Å². The maximum atomic E-state index is 12.4. The van der Waals surface area contributed by atoms with Gasteiger partial charge in [0.25, 0.3) is 0 Å². The Hall–Kier alpha value is -1.18. The zero-order valence-corrected chi connectivity index (χ0v) is 26.7. The number of hydrogen-bond acceptors (Lipinski definition) is 5. The monoisotopic (exact) mass is 536 g/mol. The Morgan fingerprint density at radius 3 is 2.19 bits per heavy atom. The SMILES string of the molecule is CO[C@@H](/C=C/C(C)=C/[C@H](O[Si](C(C)C)(C(C)C)C(C)C)[C@H]1C[C@@H](CO)CC(=O)O1)CC#C[Si](C)(C)C. The molecule has 1 saturated heterocycles. The molecular formula is C29H52O5Si2. The van der Waals surface area contributed by atoms with Crippen LogP contribution >= 0.6 is 0 Å². The second kappa shape index (κ2) is 14.7. The zero-order chi connectivity index (χ0) is 27.7. The lowest BCUT2D eigenvalue weighted by molar-refractivity contribution is -0.163. The van der Waals surface area contributed by atoms with E-state index < -0.39 is 22.5 Å². The van der Waals surface area contributed by atoms with E-state index in [0.29, 0.717) is 29.5 Å². The predicted octanol–water partition coefficient (Wildman–Crippen LogP) is 6.65. The number of hydrogen-bond donors (Lipinski definition) is 1. The van der Waals surface area contributed by atoms with Crippen LogP contribution < -0.4 is 0 Å². The molecule has 7 heteroatoms. The van der Waals surface area contributed by atoms with Crippen molar-refractivity contribution in [3.8, 4) is 11.5 Å². The van der Waals surface area contributed by atoms with E-state index in [4.69, 9.17) is 13.9 Å². The molecule has 0 aliphatic carbocycles. The van der Waals surface area contributed by atoms with Crippen LogP contribution in [-0.2, 0) is 18.7 Å². The smallest absolute Gasteiger partial charge is 0.306 e. The first kappa shape index (κ1) is 32.9. The summed E-state index contributed by atoms with van der Waals surface area (Å²) in [5, 5.41) is 9.79. The fourth-order valence-corrected chi connectivity index (χ4v) is 11.5. The van der Waals surface area contributed by atoms with Gasteiger partial charge in [0.15, 0.2) is 0 Å². The quantitative estimate of drug-likeness (QED) is 0.131. The maximum Gasteiger partial charge on any atom is 0.306 e. The minimum Gasteiger partial charge on any atom is -0.459 e. The third-order valence-electron chi connectivity index (χ3n) is 7.05. The second-order valence-corrected chi connectivity index (χ2v) is 22.4. The summed E-state index contributed by atoms with van der Waals surface area (Å²) in [6.45, 7) is 22.3. The van der Waals surface area contributed by atoms with Gasteiger partial charge in [-0.05, 0) is 35.9 Å². The van der Waals surface area contributed by atoms with E-state index in [1.807, 2.05) is 13.0 Å². The van der Waals surface area contributed by atoms with Gasteiger partial charge in [0.1, 0.15) is 20.3 Å². The summed E-state index contributed by atoms with van der Waals surface area (Å²) in [5.41, 5.74) is 5.63. The van der Waals surface area contributed by atoms with E-state index in [1.54, 1.807) is 7.11 Å². The summed E-state index contributed by atoms with van der Waals surface area (Å²) >= 11 is 0. The standard InChI is InChI=1S/C29H52O5Si2/c1-21(2)36(22(3)4,23(5)6)34-28(27-18-25(20-30)19-29(31)33-27)17-24(7)14-15-26(32-8)13-12-16-35(9,10)11/h14-15,17,21-23,25-28,30H,13,18-20H2,1-11H3/b15-14+,24-17+/t25-,26-,27-,28+/m1/s1. The van der Waals surface area contributed by atoms with Crippen molar-refractivity contribution in [2.24, 2.45) is 5.92 Å². The van der Waals surface area contributed by atoms with Gasteiger partial charge in [0, 0.05) is 20.1 Å². The van der Waals surface area contributed by atoms with Crippen LogP contribution in [0, 0.1) is 17.4 Å². The second-order valence-electron chi connectivity index (χ2n) is 12.2. The largest absolute Gasteiger partial charge is 0.459 e. The van der Waals surface area contributed by atoms with E-state index in [0.717, 1.165) is 5.57 Å². The van der Waals surface area contributed by atoms with E-state index in [1.165, 1.54) is 0 Å². The van der Waals surface area contributed by atoms with Gasteiger partial charge in [-0.3, -0.25) is 4.79 Å². The number of carbonyl (C=O) groups excluding carboxylic acids is 1. The Morgan fingerprint density at radius 2 is 1.72 bits per heavy atom. The van der Waals surface area contributed by atoms with Crippen LogP contribution in [0.2, 0.25) is 36.3 Å². The highest BCUT2D eigenvalue weighted by molar-refractivity contribution is 6.83. The van der Waals surface area contributed by atoms with Crippen LogP contribution in [0.4, 0.5) is 0 Å². The third-order valence-corrected chi connectivity index (χ3v) is 14.1. The number of allylic oxidation sites excluding steroid dienone is 2. The van der Waals surface area contributed by atoms with Gasteiger partial charge >= 0.3 is 5.97 Å². The van der Waals surface area contributed by atoms with E-state index in [2.05, 4.69) is 84.8 Å². The molecule has 0 aromatic rings. The fourth-order valence-electron chi connectivity index (χ4n) is 5.33. The van der Waals surface area contributed by atoms with Gasteiger partial charge in [-0.25, -0.2) is 0 Å². The highest BCUT2D eigenvalue weighted by Crippen LogP contribution is 2.44. The normalized spacial score (nSPS) is 21.6. The van der Waals surface area contributed by atoms with Gasteiger partial charge in [-0.2, -0.15) is 0 Å². The van der Waals surface area contributed by atoms with Gasteiger partial charge in [-0.15, -0.1) is 11.5 Å². The van der Waals surface area contributed by atoms with Crippen LogP contribution in [0.25, 0.3) is 0 Å². The van der Waals surface area contributed by atoms with E-state index in [9.17, 15) is 9.90 Å². The summed E-state index contributed by atoms with van der Waals surface area (Å²) < 4.78 is 18.6.